The van der Waals surface area contributed by atoms with Crippen molar-refractivity contribution < 1.29 is 17.6 Å². The van der Waals surface area contributed by atoms with Gasteiger partial charge in [0.1, 0.15) is 5.82 Å². The van der Waals surface area contributed by atoms with Gasteiger partial charge in [0.25, 0.3) is 0 Å². The van der Waals surface area contributed by atoms with Gasteiger partial charge in [-0.3, -0.25) is 0 Å². The Morgan fingerprint density at radius 1 is 1.25 bits per heavy atom. The van der Waals surface area contributed by atoms with E-state index >= 15 is 0 Å². The number of rotatable bonds is 3. The number of benzene rings is 1. The maximum absolute atomic E-state index is 13.8. The number of anilines is 1. The van der Waals surface area contributed by atoms with E-state index in [4.69, 9.17) is 0 Å². The third kappa shape index (κ3) is 4.10. The van der Waals surface area contributed by atoms with Gasteiger partial charge in [-0.1, -0.05) is 19.1 Å². The van der Waals surface area contributed by atoms with Crippen molar-refractivity contribution in [1.29, 1.82) is 0 Å². The van der Waals surface area contributed by atoms with Crippen LogP contribution in [-0.4, -0.2) is 31.9 Å². The maximum Gasteiger partial charge on any atom is 0.401 e. The van der Waals surface area contributed by atoms with Crippen LogP contribution in [0.1, 0.15) is 13.3 Å². The van der Waals surface area contributed by atoms with Crippen LogP contribution in [0.15, 0.2) is 24.3 Å². The predicted octanol–water partition coefficient (Wildman–Crippen LogP) is 3.19. The minimum atomic E-state index is -4.22. The average Bonchev–Trinajstić information content (AvgIpc) is 2.35. The van der Waals surface area contributed by atoms with E-state index in [1.165, 1.54) is 6.07 Å². The molecular weight excluding hydrogens is 272 g/mol. The second kappa shape index (κ2) is 5.99. The quantitative estimate of drug-likeness (QED) is 0.860. The summed E-state index contributed by atoms with van der Waals surface area (Å²) in [6.07, 6.45) is -3.55. The number of para-hydroxylation sites is 1. The van der Waals surface area contributed by atoms with E-state index in [1.54, 1.807) is 18.2 Å². The number of nitrogens with one attached hydrogen (secondary N) is 1. The molecule has 1 fully saturated rings. The van der Waals surface area contributed by atoms with E-state index in [9.17, 15) is 17.6 Å². The summed E-state index contributed by atoms with van der Waals surface area (Å²) in [6, 6.07) is 6.09. The summed E-state index contributed by atoms with van der Waals surface area (Å²) in [5.41, 5.74) is 0.456. The SMILES string of the molecule is CC1CC(NCC(F)(F)F)CN(c2ccccc2F)C1. The predicted molar refractivity (Wildman–Crippen MR) is 70.2 cm³/mol. The molecule has 1 aliphatic rings. The Labute approximate surface area is 115 Å². The molecule has 1 aromatic carbocycles. The zero-order chi connectivity index (χ0) is 14.8. The van der Waals surface area contributed by atoms with Gasteiger partial charge in [-0.15, -0.1) is 0 Å². The summed E-state index contributed by atoms with van der Waals surface area (Å²) in [5.74, 6) is -0.120. The molecule has 0 bridgehead atoms. The number of piperidine rings is 1. The Morgan fingerprint density at radius 3 is 2.60 bits per heavy atom. The summed E-state index contributed by atoms with van der Waals surface area (Å²) < 4.78 is 50.5. The van der Waals surface area contributed by atoms with Crippen LogP contribution < -0.4 is 10.2 Å². The van der Waals surface area contributed by atoms with E-state index in [-0.39, 0.29) is 17.8 Å². The van der Waals surface area contributed by atoms with Crippen molar-refractivity contribution in [3.05, 3.63) is 30.1 Å². The van der Waals surface area contributed by atoms with Crippen molar-refractivity contribution in [3.8, 4) is 0 Å². The van der Waals surface area contributed by atoms with Crippen LogP contribution in [0.4, 0.5) is 23.2 Å². The number of nitrogens with zero attached hydrogens (tertiary/aromatic N) is 1. The van der Waals surface area contributed by atoms with Crippen LogP contribution in [0.3, 0.4) is 0 Å². The van der Waals surface area contributed by atoms with Crippen LogP contribution >= 0.6 is 0 Å². The zero-order valence-corrected chi connectivity index (χ0v) is 11.3. The van der Waals surface area contributed by atoms with E-state index in [2.05, 4.69) is 5.32 Å². The molecule has 0 radical (unpaired) electrons. The molecule has 2 nitrogen and oxygen atoms in total. The fourth-order valence-electron chi connectivity index (χ4n) is 2.66. The number of alkyl halides is 3. The van der Waals surface area contributed by atoms with Crippen LogP contribution in [0.25, 0.3) is 0 Å². The molecule has 1 aliphatic heterocycles. The lowest BCUT2D eigenvalue weighted by atomic mass is 9.95. The smallest absolute Gasteiger partial charge is 0.367 e. The van der Waals surface area contributed by atoms with Crippen LogP contribution in [0, 0.1) is 11.7 Å². The lowest BCUT2D eigenvalue weighted by molar-refractivity contribution is -0.126. The monoisotopic (exact) mass is 290 g/mol. The minimum Gasteiger partial charge on any atom is -0.367 e. The van der Waals surface area contributed by atoms with E-state index in [0.29, 0.717) is 25.2 Å². The van der Waals surface area contributed by atoms with Crippen molar-refractivity contribution in [1.82, 2.24) is 5.32 Å². The standard InChI is InChI=1S/C14H18F4N2/c1-10-6-11(19-9-14(16,17)18)8-20(7-10)13-5-3-2-4-12(13)15/h2-5,10-11,19H,6-9H2,1H3. The average molecular weight is 290 g/mol. The number of hydrogen-bond acceptors (Lipinski definition) is 2. The topological polar surface area (TPSA) is 15.3 Å². The summed E-state index contributed by atoms with van der Waals surface area (Å²) in [6.45, 7) is 2.01. The molecule has 2 atom stereocenters. The van der Waals surface area contributed by atoms with Crippen molar-refractivity contribution in [2.75, 3.05) is 24.5 Å². The first kappa shape index (κ1) is 15.1. The third-order valence-corrected chi connectivity index (χ3v) is 3.44. The van der Waals surface area contributed by atoms with Crippen LogP contribution in [0.5, 0.6) is 0 Å². The Balaban J connectivity index is 2.03. The van der Waals surface area contributed by atoms with Gasteiger partial charge in [-0.2, -0.15) is 13.2 Å². The Morgan fingerprint density at radius 2 is 1.95 bits per heavy atom. The molecule has 0 spiro atoms. The first-order chi connectivity index (χ1) is 9.35. The molecule has 2 unspecified atom stereocenters. The van der Waals surface area contributed by atoms with Gasteiger partial charge in [-0.05, 0) is 24.5 Å². The highest BCUT2D eigenvalue weighted by molar-refractivity contribution is 5.48. The first-order valence-electron chi connectivity index (χ1n) is 6.65. The summed E-state index contributed by atoms with van der Waals surface area (Å²) >= 11 is 0. The van der Waals surface area contributed by atoms with Gasteiger partial charge >= 0.3 is 6.18 Å². The van der Waals surface area contributed by atoms with Crippen LogP contribution in [-0.2, 0) is 0 Å². The van der Waals surface area contributed by atoms with Crippen molar-refractivity contribution in [3.63, 3.8) is 0 Å². The highest BCUT2D eigenvalue weighted by Crippen LogP contribution is 2.26. The fourth-order valence-corrected chi connectivity index (χ4v) is 2.66. The summed E-state index contributed by atoms with van der Waals surface area (Å²) in [5, 5.41) is 2.52. The number of halogens is 4. The molecule has 2 rings (SSSR count). The first-order valence-corrected chi connectivity index (χ1v) is 6.65. The summed E-state index contributed by atoms with van der Waals surface area (Å²) in [7, 11) is 0. The molecule has 112 valence electrons. The van der Waals surface area contributed by atoms with Crippen molar-refractivity contribution >= 4 is 5.69 Å². The maximum atomic E-state index is 13.8. The normalized spacial score (nSPS) is 23.9. The lowest BCUT2D eigenvalue weighted by Crippen LogP contribution is -2.51. The lowest BCUT2D eigenvalue weighted by Gasteiger charge is -2.38. The van der Waals surface area contributed by atoms with Crippen molar-refractivity contribution in [2.45, 2.75) is 25.6 Å². The second-order valence-electron chi connectivity index (χ2n) is 5.39. The van der Waals surface area contributed by atoms with E-state index in [0.717, 1.165) is 0 Å². The summed E-state index contributed by atoms with van der Waals surface area (Å²) in [4.78, 5) is 1.82. The highest BCUT2D eigenvalue weighted by atomic mass is 19.4. The Bertz CT molecular complexity index is 447. The van der Waals surface area contributed by atoms with E-state index < -0.39 is 12.7 Å². The number of hydrogen-bond donors (Lipinski definition) is 1. The second-order valence-corrected chi connectivity index (χ2v) is 5.39. The molecule has 1 aromatic rings. The third-order valence-electron chi connectivity index (χ3n) is 3.44. The molecule has 20 heavy (non-hydrogen) atoms. The Hall–Kier alpha value is -1.30. The van der Waals surface area contributed by atoms with Gasteiger partial charge < -0.3 is 10.2 Å². The van der Waals surface area contributed by atoms with Crippen LogP contribution in [0.2, 0.25) is 0 Å². The largest absolute Gasteiger partial charge is 0.401 e. The Kier molecular flexibility index (Phi) is 4.52. The molecule has 1 N–H and O–H groups in total. The molecule has 0 aromatic heterocycles. The molecule has 0 saturated carbocycles. The molecule has 6 heteroatoms. The van der Waals surface area contributed by atoms with Gasteiger partial charge in [0.2, 0.25) is 0 Å². The molecular formula is C14H18F4N2. The van der Waals surface area contributed by atoms with Gasteiger partial charge in [0.15, 0.2) is 0 Å². The molecule has 0 aliphatic carbocycles. The van der Waals surface area contributed by atoms with Gasteiger partial charge in [-0.25, -0.2) is 4.39 Å². The van der Waals surface area contributed by atoms with E-state index in [1.807, 2.05) is 11.8 Å². The van der Waals surface area contributed by atoms with Crippen molar-refractivity contribution in [2.24, 2.45) is 5.92 Å². The fraction of sp³-hybridized carbons (Fsp3) is 0.571. The molecule has 1 saturated heterocycles. The van der Waals surface area contributed by atoms with Gasteiger partial charge in [0, 0.05) is 19.1 Å². The van der Waals surface area contributed by atoms with Gasteiger partial charge in [0.05, 0.1) is 12.2 Å². The highest BCUT2D eigenvalue weighted by Gasteiger charge is 2.31. The molecule has 0 amide bonds. The minimum absolute atomic E-state index is 0.217. The zero-order valence-electron chi connectivity index (χ0n) is 11.3. The molecule has 1 heterocycles.